The summed E-state index contributed by atoms with van der Waals surface area (Å²) < 4.78 is 10.2. The van der Waals surface area contributed by atoms with Crippen LogP contribution in [0.1, 0.15) is 11.1 Å². The Labute approximate surface area is 162 Å². The summed E-state index contributed by atoms with van der Waals surface area (Å²) in [4.78, 5) is 23.6. The molecule has 0 spiro atoms. The number of nitrogens with zero attached hydrogens (tertiary/aromatic N) is 1. The van der Waals surface area contributed by atoms with Gasteiger partial charge in [-0.25, -0.2) is 5.43 Å². The zero-order valence-corrected chi connectivity index (χ0v) is 15.5. The van der Waals surface area contributed by atoms with Gasteiger partial charge in [-0.1, -0.05) is 24.3 Å². The zero-order valence-electron chi connectivity index (χ0n) is 15.5. The van der Waals surface area contributed by atoms with Crippen LogP contribution in [-0.2, 0) is 9.59 Å². The molecule has 146 valence electrons. The second-order valence-corrected chi connectivity index (χ2v) is 5.48. The number of aromatic hydroxyl groups is 1. The van der Waals surface area contributed by atoms with Crippen LogP contribution in [0.3, 0.4) is 0 Å². The molecule has 0 radical (unpaired) electrons. The first-order chi connectivity index (χ1) is 13.5. The second-order valence-electron chi connectivity index (χ2n) is 5.48. The van der Waals surface area contributed by atoms with E-state index in [2.05, 4.69) is 15.8 Å². The minimum atomic E-state index is -0.516. The van der Waals surface area contributed by atoms with E-state index in [1.165, 1.54) is 19.4 Å². The minimum absolute atomic E-state index is 0.0854. The number of hydrogen-bond donors (Lipinski definition) is 3. The molecule has 0 unspecified atom stereocenters. The van der Waals surface area contributed by atoms with Crippen LogP contribution < -0.4 is 20.2 Å². The molecular formula is C20H21N3O5. The fourth-order valence-corrected chi connectivity index (χ4v) is 2.22. The molecule has 8 nitrogen and oxygen atoms in total. The molecule has 3 N–H and O–H groups in total. The van der Waals surface area contributed by atoms with E-state index in [1.807, 2.05) is 12.1 Å². The summed E-state index contributed by atoms with van der Waals surface area (Å²) in [6.07, 6.45) is 4.18. The highest BCUT2D eigenvalue weighted by molar-refractivity contribution is 5.94. The van der Waals surface area contributed by atoms with Crippen LogP contribution in [0.4, 0.5) is 0 Å². The smallest absolute Gasteiger partial charge is 0.259 e. The predicted octanol–water partition coefficient (Wildman–Crippen LogP) is 1.69. The molecule has 0 fully saturated rings. The maximum absolute atomic E-state index is 11.8. The highest BCUT2D eigenvalue weighted by atomic mass is 16.5. The third-order valence-corrected chi connectivity index (χ3v) is 3.62. The molecule has 8 heteroatoms. The van der Waals surface area contributed by atoms with Crippen molar-refractivity contribution in [2.24, 2.45) is 5.10 Å². The number of methoxy groups -OCH3 is 2. The lowest BCUT2D eigenvalue weighted by Crippen LogP contribution is -2.34. The quantitative estimate of drug-likeness (QED) is 0.365. The van der Waals surface area contributed by atoms with E-state index in [4.69, 9.17) is 9.47 Å². The van der Waals surface area contributed by atoms with Crippen molar-refractivity contribution in [1.29, 1.82) is 0 Å². The number of rotatable bonds is 8. The van der Waals surface area contributed by atoms with E-state index in [0.29, 0.717) is 17.1 Å². The predicted molar refractivity (Wildman–Crippen MR) is 105 cm³/mol. The van der Waals surface area contributed by atoms with E-state index in [1.54, 1.807) is 43.5 Å². The van der Waals surface area contributed by atoms with E-state index in [9.17, 15) is 14.7 Å². The maximum atomic E-state index is 11.8. The Kier molecular flexibility index (Phi) is 7.59. The number of carbonyl (C=O) groups is 2. The van der Waals surface area contributed by atoms with Crippen molar-refractivity contribution >= 4 is 24.1 Å². The van der Waals surface area contributed by atoms with Gasteiger partial charge in [-0.05, 0) is 24.3 Å². The number of hydrazone groups is 1. The van der Waals surface area contributed by atoms with Crippen LogP contribution in [0, 0.1) is 0 Å². The molecule has 0 bridgehead atoms. The number of benzene rings is 2. The number of nitrogens with one attached hydrogen (secondary N) is 2. The molecule has 2 aromatic carbocycles. The van der Waals surface area contributed by atoms with Gasteiger partial charge in [0, 0.05) is 17.2 Å². The molecule has 0 heterocycles. The highest BCUT2D eigenvalue weighted by Crippen LogP contribution is 2.27. The van der Waals surface area contributed by atoms with Crippen LogP contribution in [0.2, 0.25) is 0 Å². The monoisotopic (exact) mass is 383 g/mol. The van der Waals surface area contributed by atoms with Crippen molar-refractivity contribution < 1.29 is 24.2 Å². The third kappa shape index (κ3) is 5.87. The summed E-state index contributed by atoms with van der Waals surface area (Å²) in [7, 11) is 2.98. The van der Waals surface area contributed by atoms with Crippen LogP contribution in [0.25, 0.3) is 6.08 Å². The summed E-state index contributed by atoms with van der Waals surface area (Å²) in [5, 5.41) is 16.1. The average molecular weight is 383 g/mol. The molecule has 0 aliphatic heterocycles. The Bertz CT molecular complexity index is 893. The topological polar surface area (TPSA) is 109 Å². The van der Waals surface area contributed by atoms with E-state index in [-0.39, 0.29) is 12.3 Å². The number of phenols is 1. The first-order valence-electron chi connectivity index (χ1n) is 8.32. The molecule has 0 aliphatic rings. The molecule has 28 heavy (non-hydrogen) atoms. The normalized spacial score (nSPS) is 10.8. The lowest BCUT2D eigenvalue weighted by Gasteiger charge is -2.05. The van der Waals surface area contributed by atoms with Gasteiger partial charge < -0.3 is 19.9 Å². The number of amides is 2. The Hall–Kier alpha value is -3.81. The van der Waals surface area contributed by atoms with Crippen LogP contribution >= 0.6 is 0 Å². The van der Waals surface area contributed by atoms with Crippen molar-refractivity contribution in [2.45, 2.75) is 0 Å². The Morgan fingerprint density at radius 1 is 1.04 bits per heavy atom. The molecule has 2 rings (SSSR count). The van der Waals surface area contributed by atoms with Crippen molar-refractivity contribution in [3.05, 3.63) is 59.7 Å². The van der Waals surface area contributed by atoms with Gasteiger partial charge in [0.15, 0.2) is 11.5 Å². The van der Waals surface area contributed by atoms with Gasteiger partial charge in [-0.3, -0.25) is 9.59 Å². The number of carbonyl (C=O) groups excluding carboxylic acids is 2. The van der Waals surface area contributed by atoms with Gasteiger partial charge in [0.1, 0.15) is 5.75 Å². The van der Waals surface area contributed by atoms with Gasteiger partial charge in [-0.2, -0.15) is 5.10 Å². The third-order valence-electron chi connectivity index (χ3n) is 3.62. The summed E-state index contributed by atoms with van der Waals surface area (Å²) in [5.41, 5.74) is 3.38. The van der Waals surface area contributed by atoms with Gasteiger partial charge in [0.05, 0.1) is 27.0 Å². The molecule has 0 atom stereocenters. The van der Waals surface area contributed by atoms with Crippen molar-refractivity contribution in [3.8, 4) is 17.2 Å². The molecule has 2 amide bonds. The number of ether oxygens (including phenoxy) is 2. The zero-order chi connectivity index (χ0) is 20.4. The van der Waals surface area contributed by atoms with Crippen LogP contribution in [0.5, 0.6) is 17.2 Å². The first-order valence-corrected chi connectivity index (χ1v) is 8.32. The summed E-state index contributed by atoms with van der Waals surface area (Å²) in [6, 6.07) is 12.1. The molecule has 0 aliphatic carbocycles. The summed E-state index contributed by atoms with van der Waals surface area (Å²) in [6.45, 7) is -0.253. The van der Waals surface area contributed by atoms with Crippen LogP contribution in [-0.4, -0.2) is 43.9 Å². The minimum Gasteiger partial charge on any atom is -0.504 e. The molecule has 0 saturated heterocycles. The Balaban J connectivity index is 1.82. The van der Waals surface area contributed by atoms with Crippen molar-refractivity contribution in [3.63, 3.8) is 0 Å². The number of para-hydroxylation sites is 2. The first kappa shape index (κ1) is 20.5. The second kappa shape index (κ2) is 10.4. The van der Waals surface area contributed by atoms with Crippen LogP contribution in [0.15, 0.2) is 53.6 Å². The number of hydrogen-bond acceptors (Lipinski definition) is 6. The lowest BCUT2D eigenvalue weighted by molar-refractivity contribution is -0.123. The molecule has 0 aromatic heterocycles. The van der Waals surface area contributed by atoms with Gasteiger partial charge >= 0.3 is 0 Å². The SMILES string of the molecule is COc1ccccc1/C=C\C(=O)NCC(=O)N/N=C/c1cccc(OC)c1O. The van der Waals surface area contributed by atoms with E-state index >= 15 is 0 Å². The summed E-state index contributed by atoms with van der Waals surface area (Å²) >= 11 is 0. The standard InChI is InChI=1S/C20H21N3O5/c1-27-16-8-4-3-6-14(16)10-11-18(24)21-13-19(25)23-22-12-15-7-5-9-17(28-2)20(15)26/h3-12,26H,13H2,1-2H3,(H,21,24)(H,23,25)/b11-10-,22-12+. The van der Waals surface area contributed by atoms with E-state index in [0.717, 1.165) is 5.56 Å². The largest absolute Gasteiger partial charge is 0.504 e. The van der Waals surface area contributed by atoms with Gasteiger partial charge in [-0.15, -0.1) is 0 Å². The van der Waals surface area contributed by atoms with Gasteiger partial charge in [0.2, 0.25) is 5.91 Å². The fourth-order valence-electron chi connectivity index (χ4n) is 2.22. The molecular weight excluding hydrogens is 362 g/mol. The maximum Gasteiger partial charge on any atom is 0.259 e. The van der Waals surface area contributed by atoms with Crippen molar-refractivity contribution in [1.82, 2.24) is 10.7 Å². The highest BCUT2D eigenvalue weighted by Gasteiger charge is 2.06. The lowest BCUT2D eigenvalue weighted by atomic mass is 10.2. The Morgan fingerprint density at radius 2 is 1.71 bits per heavy atom. The fraction of sp³-hybridized carbons (Fsp3) is 0.150. The van der Waals surface area contributed by atoms with Crippen molar-refractivity contribution in [2.75, 3.05) is 20.8 Å². The van der Waals surface area contributed by atoms with Gasteiger partial charge in [0.25, 0.3) is 5.91 Å². The Morgan fingerprint density at radius 3 is 2.46 bits per heavy atom. The average Bonchev–Trinajstić information content (AvgIpc) is 2.72. The summed E-state index contributed by atoms with van der Waals surface area (Å²) in [5.74, 6) is -0.102. The molecule has 0 saturated carbocycles. The number of phenolic OH excluding ortho intramolecular Hbond substituents is 1. The van der Waals surface area contributed by atoms with E-state index < -0.39 is 11.8 Å². The molecule has 2 aromatic rings.